The summed E-state index contributed by atoms with van der Waals surface area (Å²) >= 11 is 6.10. The Morgan fingerprint density at radius 1 is 1.24 bits per heavy atom. The van der Waals surface area contributed by atoms with E-state index >= 15 is 0 Å². The van der Waals surface area contributed by atoms with E-state index in [0.29, 0.717) is 28.7 Å². The Morgan fingerprint density at radius 2 is 2.05 bits per heavy atom. The summed E-state index contributed by atoms with van der Waals surface area (Å²) < 4.78 is 14.3. The number of anilines is 1. The first-order chi connectivity index (χ1) is 10.1. The largest absolute Gasteiger partial charge is 0.363 e. The molecule has 2 unspecified atom stereocenters. The van der Waals surface area contributed by atoms with Gasteiger partial charge in [0, 0.05) is 30.2 Å². The van der Waals surface area contributed by atoms with Crippen LogP contribution in [0.1, 0.15) is 33.1 Å². The predicted molar refractivity (Wildman–Crippen MR) is 86.6 cm³/mol. The van der Waals surface area contributed by atoms with Crippen LogP contribution in [0.3, 0.4) is 0 Å². The summed E-state index contributed by atoms with van der Waals surface area (Å²) in [5.41, 5.74) is 0.673. The molecule has 0 saturated carbocycles. The van der Waals surface area contributed by atoms with Gasteiger partial charge in [0.25, 0.3) is 0 Å². The van der Waals surface area contributed by atoms with Gasteiger partial charge >= 0.3 is 0 Å². The molecule has 0 amide bonds. The summed E-state index contributed by atoms with van der Waals surface area (Å²) in [6.07, 6.45) is 3.82. The van der Waals surface area contributed by atoms with Crippen LogP contribution in [0.15, 0.2) is 18.2 Å². The molecule has 2 aliphatic heterocycles. The average molecular weight is 311 g/mol. The first-order valence-corrected chi connectivity index (χ1v) is 8.40. The summed E-state index contributed by atoms with van der Waals surface area (Å²) in [6, 6.07) is 5.81. The second-order valence-electron chi connectivity index (χ2n) is 6.70. The maximum Gasteiger partial charge on any atom is 0.146 e. The Labute approximate surface area is 131 Å². The zero-order valence-corrected chi connectivity index (χ0v) is 13.6. The topological polar surface area (TPSA) is 6.48 Å². The van der Waals surface area contributed by atoms with Gasteiger partial charge in [0.1, 0.15) is 5.82 Å². The summed E-state index contributed by atoms with van der Waals surface area (Å²) in [7, 11) is 0. The Bertz CT molecular complexity index is 506. The van der Waals surface area contributed by atoms with Crippen molar-refractivity contribution < 1.29 is 4.39 Å². The van der Waals surface area contributed by atoms with Crippen LogP contribution in [0, 0.1) is 11.7 Å². The van der Waals surface area contributed by atoms with Crippen molar-refractivity contribution >= 4 is 17.3 Å². The fraction of sp³-hybridized carbons (Fsp3) is 0.647. The fourth-order valence-electron chi connectivity index (χ4n) is 3.76. The highest BCUT2D eigenvalue weighted by Crippen LogP contribution is 2.33. The van der Waals surface area contributed by atoms with E-state index in [1.165, 1.54) is 31.9 Å². The van der Waals surface area contributed by atoms with E-state index in [1.54, 1.807) is 12.1 Å². The first kappa shape index (κ1) is 15.1. The molecule has 21 heavy (non-hydrogen) atoms. The molecule has 0 spiro atoms. The number of piperidine rings is 1. The van der Waals surface area contributed by atoms with Crippen LogP contribution < -0.4 is 4.90 Å². The molecule has 0 radical (unpaired) electrons. The molecule has 2 saturated heterocycles. The lowest BCUT2D eigenvalue weighted by Crippen LogP contribution is -2.61. The molecule has 2 heterocycles. The molecule has 2 atom stereocenters. The van der Waals surface area contributed by atoms with Crippen LogP contribution >= 0.6 is 11.6 Å². The number of piperazine rings is 1. The van der Waals surface area contributed by atoms with Gasteiger partial charge in [-0.05, 0) is 43.5 Å². The lowest BCUT2D eigenvalue weighted by molar-refractivity contribution is 0.100. The molecule has 1 aromatic rings. The molecule has 2 nitrogen and oxygen atoms in total. The van der Waals surface area contributed by atoms with Crippen molar-refractivity contribution in [3.63, 3.8) is 0 Å². The van der Waals surface area contributed by atoms with Crippen molar-refractivity contribution in [2.24, 2.45) is 5.92 Å². The molecular weight excluding hydrogens is 287 g/mol. The van der Waals surface area contributed by atoms with Crippen LogP contribution in [0.25, 0.3) is 0 Å². The molecule has 0 aromatic heterocycles. The molecule has 2 aliphatic rings. The van der Waals surface area contributed by atoms with Gasteiger partial charge in [-0.2, -0.15) is 0 Å². The van der Waals surface area contributed by atoms with Crippen molar-refractivity contribution in [2.75, 3.05) is 24.5 Å². The van der Waals surface area contributed by atoms with E-state index in [4.69, 9.17) is 11.6 Å². The standard InChI is InChI=1S/C17H24ClFN2/c1-12(2)17-11-20-8-4-3-5-14(20)10-21(17)16-9-13(18)6-7-15(16)19/h6-7,9,12,14,17H,3-5,8,10-11H2,1-2H3. The zero-order valence-electron chi connectivity index (χ0n) is 12.9. The molecule has 116 valence electrons. The minimum Gasteiger partial charge on any atom is -0.363 e. The lowest BCUT2D eigenvalue weighted by Gasteiger charge is -2.50. The maximum atomic E-state index is 14.3. The number of hydrogen-bond donors (Lipinski definition) is 0. The molecule has 0 bridgehead atoms. The van der Waals surface area contributed by atoms with Crippen molar-refractivity contribution in [2.45, 2.75) is 45.2 Å². The highest BCUT2D eigenvalue weighted by Gasteiger charge is 2.37. The van der Waals surface area contributed by atoms with E-state index in [2.05, 4.69) is 23.6 Å². The normalized spacial score (nSPS) is 27.0. The molecule has 4 heteroatoms. The number of benzene rings is 1. The van der Waals surface area contributed by atoms with Crippen molar-refractivity contribution in [3.05, 3.63) is 29.0 Å². The van der Waals surface area contributed by atoms with E-state index < -0.39 is 0 Å². The van der Waals surface area contributed by atoms with E-state index in [1.807, 2.05) is 0 Å². The highest BCUT2D eigenvalue weighted by atomic mass is 35.5. The number of rotatable bonds is 2. The maximum absolute atomic E-state index is 14.3. The molecule has 2 fully saturated rings. The average Bonchev–Trinajstić information content (AvgIpc) is 2.48. The van der Waals surface area contributed by atoms with Gasteiger partial charge in [-0.1, -0.05) is 31.9 Å². The molecule has 0 aliphatic carbocycles. The van der Waals surface area contributed by atoms with Gasteiger partial charge in [0.2, 0.25) is 0 Å². The second-order valence-corrected chi connectivity index (χ2v) is 7.14. The van der Waals surface area contributed by atoms with Crippen LogP contribution in [0.5, 0.6) is 0 Å². The number of fused-ring (bicyclic) bond motifs is 1. The molecule has 3 rings (SSSR count). The predicted octanol–water partition coefficient (Wildman–Crippen LogP) is 4.18. The fourth-order valence-corrected chi connectivity index (χ4v) is 3.93. The Kier molecular flexibility index (Phi) is 4.41. The minimum absolute atomic E-state index is 0.158. The summed E-state index contributed by atoms with van der Waals surface area (Å²) in [6.45, 7) is 7.60. The van der Waals surface area contributed by atoms with Crippen LogP contribution in [0.2, 0.25) is 5.02 Å². The number of halogens is 2. The summed E-state index contributed by atoms with van der Waals surface area (Å²) in [5, 5.41) is 0.611. The summed E-state index contributed by atoms with van der Waals surface area (Å²) in [5.74, 6) is 0.334. The Morgan fingerprint density at radius 3 is 2.81 bits per heavy atom. The van der Waals surface area contributed by atoms with Gasteiger partial charge in [0.05, 0.1) is 5.69 Å². The monoisotopic (exact) mass is 310 g/mol. The van der Waals surface area contributed by atoms with Crippen LogP contribution in [-0.2, 0) is 0 Å². The Hall–Kier alpha value is -0.800. The highest BCUT2D eigenvalue weighted by molar-refractivity contribution is 6.30. The Balaban J connectivity index is 1.91. The van der Waals surface area contributed by atoms with Crippen LogP contribution in [0.4, 0.5) is 10.1 Å². The minimum atomic E-state index is -0.158. The third kappa shape index (κ3) is 3.04. The van der Waals surface area contributed by atoms with Crippen molar-refractivity contribution in [1.82, 2.24) is 4.90 Å². The van der Waals surface area contributed by atoms with Gasteiger partial charge < -0.3 is 4.90 Å². The smallest absolute Gasteiger partial charge is 0.146 e. The van der Waals surface area contributed by atoms with Crippen molar-refractivity contribution in [3.8, 4) is 0 Å². The molecule has 1 aromatic carbocycles. The second kappa shape index (κ2) is 6.13. The molecular formula is C17H24ClFN2. The quantitative estimate of drug-likeness (QED) is 0.808. The van der Waals surface area contributed by atoms with E-state index in [0.717, 1.165) is 13.1 Å². The number of hydrogen-bond acceptors (Lipinski definition) is 2. The first-order valence-electron chi connectivity index (χ1n) is 8.02. The number of nitrogens with zero attached hydrogens (tertiary/aromatic N) is 2. The lowest BCUT2D eigenvalue weighted by atomic mass is 9.91. The third-order valence-corrected chi connectivity index (χ3v) is 5.20. The van der Waals surface area contributed by atoms with Gasteiger partial charge in [-0.25, -0.2) is 4.39 Å². The van der Waals surface area contributed by atoms with Gasteiger partial charge in [-0.3, -0.25) is 4.90 Å². The zero-order chi connectivity index (χ0) is 15.0. The van der Waals surface area contributed by atoms with Crippen LogP contribution in [-0.4, -0.2) is 36.6 Å². The molecule has 0 N–H and O–H groups in total. The van der Waals surface area contributed by atoms with E-state index in [9.17, 15) is 4.39 Å². The van der Waals surface area contributed by atoms with E-state index in [-0.39, 0.29) is 5.82 Å². The van der Waals surface area contributed by atoms with Gasteiger partial charge in [-0.15, -0.1) is 0 Å². The van der Waals surface area contributed by atoms with Gasteiger partial charge in [0.15, 0.2) is 0 Å². The third-order valence-electron chi connectivity index (χ3n) is 4.97. The SMILES string of the molecule is CC(C)C1CN2CCCCC2CN1c1cc(Cl)ccc1F. The van der Waals surface area contributed by atoms with Crippen molar-refractivity contribution in [1.29, 1.82) is 0 Å². The summed E-state index contributed by atoms with van der Waals surface area (Å²) in [4.78, 5) is 4.87.